The molecule has 2 unspecified atom stereocenters. The van der Waals surface area contributed by atoms with Gasteiger partial charge in [0, 0.05) is 0 Å². The fraction of sp³-hybridized carbons (Fsp3) is 0.655. The molecule has 0 bridgehead atoms. The first-order valence-corrected chi connectivity index (χ1v) is 13.7. The van der Waals surface area contributed by atoms with Crippen molar-refractivity contribution in [2.45, 2.75) is 92.7 Å². The first kappa shape index (κ1) is 33.9. The van der Waals surface area contributed by atoms with Crippen molar-refractivity contribution >= 4 is 24.1 Å². The van der Waals surface area contributed by atoms with Gasteiger partial charge in [-0.15, -0.1) is 0 Å². The SMILES string of the molecule is CCCC(C)C(=O)Oc1ccc(C[C@H](N)C(=O)O[C@@H](C)COC(=O)OCC(C)C)cc1OC(=O)C(C)CCC. The van der Waals surface area contributed by atoms with Gasteiger partial charge in [-0.05, 0) is 49.8 Å². The Balaban J connectivity index is 2.89. The van der Waals surface area contributed by atoms with Gasteiger partial charge in [-0.1, -0.05) is 60.5 Å². The smallest absolute Gasteiger partial charge is 0.458 e. The summed E-state index contributed by atoms with van der Waals surface area (Å²) in [4.78, 5) is 49.2. The highest BCUT2D eigenvalue weighted by Crippen LogP contribution is 2.31. The van der Waals surface area contributed by atoms with Gasteiger partial charge in [-0.25, -0.2) is 4.79 Å². The molecule has 0 aromatic heterocycles. The summed E-state index contributed by atoms with van der Waals surface area (Å²) in [6.45, 7) is 12.9. The minimum Gasteiger partial charge on any atom is -0.458 e. The average Bonchev–Trinajstić information content (AvgIpc) is 2.87. The maximum Gasteiger partial charge on any atom is 0.508 e. The summed E-state index contributed by atoms with van der Waals surface area (Å²) in [6, 6.07) is 3.66. The van der Waals surface area contributed by atoms with Crippen LogP contribution in [-0.2, 0) is 35.0 Å². The van der Waals surface area contributed by atoms with Crippen LogP contribution in [0.1, 0.15) is 79.7 Å². The summed E-state index contributed by atoms with van der Waals surface area (Å²) in [5.41, 5.74) is 6.64. The maximum atomic E-state index is 12.6. The zero-order valence-corrected chi connectivity index (χ0v) is 24.3. The molecule has 0 radical (unpaired) electrons. The molecule has 4 atom stereocenters. The van der Waals surface area contributed by atoms with Crippen LogP contribution in [-0.4, -0.2) is 49.4 Å². The third kappa shape index (κ3) is 13.0. The molecule has 0 heterocycles. The minimum atomic E-state index is -1.04. The predicted octanol–water partition coefficient (Wildman–Crippen LogP) is 4.98. The third-order valence-electron chi connectivity index (χ3n) is 5.72. The van der Waals surface area contributed by atoms with Crippen LogP contribution in [0.5, 0.6) is 11.5 Å². The van der Waals surface area contributed by atoms with Crippen LogP contribution in [0.25, 0.3) is 0 Å². The third-order valence-corrected chi connectivity index (χ3v) is 5.72. The van der Waals surface area contributed by atoms with Crippen molar-refractivity contribution in [1.29, 1.82) is 0 Å². The van der Waals surface area contributed by atoms with Crippen LogP contribution in [0, 0.1) is 17.8 Å². The Morgan fingerprint density at radius 2 is 1.31 bits per heavy atom. The Kier molecular flexibility index (Phi) is 15.2. The molecule has 2 N–H and O–H groups in total. The van der Waals surface area contributed by atoms with Crippen LogP contribution in [0.4, 0.5) is 4.79 Å². The Labute approximate surface area is 231 Å². The number of carbonyl (C=O) groups excluding carboxylic acids is 4. The molecule has 0 aliphatic rings. The number of nitrogens with two attached hydrogens (primary N) is 1. The highest BCUT2D eigenvalue weighted by atomic mass is 16.7. The van der Waals surface area contributed by atoms with E-state index in [2.05, 4.69) is 0 Å². The predicted molar refractivity (Wildman–Crippen MR) is 145 cm³/mol. The van der Waals surface area contributed by atoms with Crippen molar-refractivity contribution in [3.8, 4) is 11.5 Å². The summed E-state index contributed by atoms with van der Waals surface area (Å²) in [6.07, 6.45) is 1.45. The molecule has 0 spiro atoms. The monoisotopic (exact) mass is 551 g/mol. The molecule has 10 nitrogen and oxygen atoms in total. The number of ether oxygens (including phenoxy) is 5. The Morgan fingerprint density at radius 1 is 0.769 bits per heavy atom. The highest BCUT2D eigenvalue weighted by molar-refractivity contribution is 5.79. The lowest BCUT2D eigenvalue weighted by molar-refractivity contribution is -0.152. The maximum absolute atomic E-state index is 12.6. The van der Waals surface area contributed by atoms with E-state index in [-0.39, 0.29) is 48.9 Å². The minimum absolute atomic E-state index is 0.0678. The number of carbonyl (C=O) groups is 4. The van der Waals surface area contributed by atoms with Gasteiger partial charge in [0.25, 0.3) is 0 Å². The Morgan fingerprint density at radius 3 is 1.85 bits per heavy atom. The van der Waals surface area contributed by atoms with Gasteiger partial charge < -0.3 is 29.4 Å². The normalized spacial score (nSPS) is 14.1. The quantitative estimate of drug-likeness (QED) is 0.221. The number of benzene rings is 1. The first-order chi connectivity index (χ1) is 18.4. The number of rotatable bonds is 16. The molecule has 0 saturated carbocycles. The van der Waals surface area contributed by atoms with Crippen LogP contribution >= 0.6 is 0 Å². The second kappa shape index (κ2) is 17.4. The second-order valence-electron chi connectivity index (χ2n) is 10.3. The van der Waals surface area contributed by atoms with Gasteiger partial charge in [0.05, 0.1) is 18.4 Å². The standard InChI is InChI=1S/C29H45NO9/c1-8-10-19(5)26(31)38-24-13-12-22(15-25(24)39-27(32)20(6)11-9-2)14-23(30)28(33)37-21(7)17-36-29(34)35-16-18(3)4/h12-13,15,18-21,23H,8-11,14,16-17,30H2,1-7H3/t19?,20?,21-,23-/m0/s1. The molecule has 39 heavy (non-hydrogen) atoms. The van der Waals surface area contributed by atoms with Gasteiger partial charge in [-0.2, -0.15) is 0 Å². The Bertz CT molecular complexity index is 947. The Hall–Kier alpha value is -3.14. The summed E-state index contributed by atoms with van der Waals surface area (Å²) in [5.74, 6) is -1.85. The van der Waals surface area contributed by atoms with Crippen molar-refractivity contribution in [2.24, 2.45) is 23.5 Å². The molecular formula is C29H45NO9. The lowest BCUT2D eigenvalue weighted by atomic mass is 10.0. The van der Waals surface area contributed by atoms with Gasteiger partial charge in [-0.3, -0.25) is 14.4 Å². The van der Waals surface area contributed by atoms with Crippen LogP contribution < -0.4 is 15.2 Å². The zero-order valence-electron chi connectivity index (χ0n) is 24.3. The summed E-state index contributed by atoms with van der Waals surface area (Å²) in [5, 5.41) is 0. The van der Waals surface area contributed by atoms with Crippen LogP contribution in [0.15, 0.2) is 18.2 Å². The number of esters is 3. The molecule has 0 amide bonds. The lowest BCUT2D eigenvalue weighted by Gasteiger charge is -2.18. The van der Waals surface area contributed by atoms with E-state index >= 15 is 0 Å². The molecule has 1 aromatic carbocycles. The zero-order chi connectivity index (χ0) is 29.5. The van der Waals surface area contributed by atoms with Crippen molar-refractivity contribution < 1.29 is 42.9 Å². The highest BCUT2D eigenvalue weighted by Gasteiger charge is 2.24. The van der Waals surface area contributed by atoms with Gasteiger partial charge >= 0.3 is 24.1 Å². The fourth-order valence-corrected chi connectivity index (χ4v) is 3.48. The van der Waals surface area contributed by atoms with Crippen molar-refractivity contribution in [2.75, 3.05) is 13.2 Å². The van der Waals surface area contributed by atoms with E-state index in [0.717, 1.165) is 12.8 Å². The summed E-state index contributed by atoms with van der Waals surface area (Å²) in [7, 11) is 0. The van der Waals surface area contributed by atoms with E-state index < -0.39 is 36.2 Å². The number of hydrogen-bond acceptors (Lipinski definition) is 10. The molecule has 0 aliphatic heterocycles. The largest absolute Gasteiger partial charge is 0.508 e. The van der Waals surface area contributed by atoms with E-state index in [1.165, 1.54) is 12.1 Å². The summed E-state index contributed by atoms with van der Waals surface area (Å²) < 4.78 is 26.3. The van der Waals surface area contributed by atoms with E-state index in [9.17, 15) is 19.2 Å². The van der Waals surface area contributed by atoms with Gasteiger partial charge in [0.2, 0.25) is 0 Å². The molecule has 0 aliphatic carbocycles. The van der Waals surface area contributed by atoms with Gasteiger partial charge in [0.1, 0.15) is 18.8 Å². The molecule has 0 saturated heterocycles. The topological polar surface area (TPSA) is 140 Å². The van der Waals surface area contributed by atoms with Crippen LogP contribution in [0.2, 0.25) is 0 Å². The van der Waals surface area contributed by atoms with E-state index in [4.69, 9.17) is 29.4 Å². The van der Waals surface area contributed by atoms with E-state index in [1.807, 2.05) is 27.7 Å². The van der Waals surface area contributed by atoms with E-state index in [0.29, 0.717) is 18.4 Å². The van der Waals surface area contributed by atoms with Crippen molar-refractivity contribution in [3.05, 3.63) is 23.8 Å². The average molecular weight is 552 g/mol. The molecular weight excluding hydrogens is 506 g/mol. The van der Waals surface area contributed by atoms with Crippen LogP contribution in [0.3, 0.4) is 0 Å². The molecule has 1 rings (SSSR count). The molecule has 10 heteroatoms. The molecule has 220 valence electrons. The van der Waals surface area contributed by atoms with Gasteiger partial charge in [0.15, 0.2) is 11.5 Å². The van der Waals surface area contributed by atoms with E-state index in [1.54, 1.807) is 26.8 Å². The summed E-state index contributed by atoms with van der Waals surface area (Å²) >= 11 is 0. The second-order valence-corrected chi connectivity index (χ2v) is 10.3. The first-order valence-electron chi connectivity index (χ1n) is 13.7. The molecule has 0 fully saturated rings. The van der Waals surface area contributed by atoms with Crippen molar-refractivity contribution in [3.63, 3.8) is 0 Å². The lowest BCUT2D eigenvalue weighted by Crippen LogP contribution is -2.37. The fourth-order valence-electron chi connectivity index (χ4n) is 3.48. The molecule has 1 aromatic rings. The van der Waals surface area contributed by atoms with Crippen molar-refractivity contribution in [1.82, 2.24) is 0 Å². The number of hydrogen-bond donors (Lipinski definition) is 1.